The highest BCUT2D eigenvalue weighted by atomic mass is 35.5. The number of halogens is 1. The van der Waals surface area contributed by atoms with Crippen molar-refractivity contribution in [2.75, 3.05) is 5.75 Å². The first-order valence-corrected chi connectivity index (χ1v) is 10.5. The molecule has 0 radical (unpaired) electrons. The molecule has 1 aromatic heterocycles. The second kappa shape index (κ2) is 9.42. The van der Waals surface area contributed by atoms with E-state index in [1.54, 1.807) is 0 Å². The zero-order chi connectivity index (χ0) is 18.4. The zero-order valence-corrected chi connectivity index (χ0v) is 16.7. The molecule has 140 valence electrons. The number of nitrogens with zero attached hydrogens (tertiary/aromatic N) is 3. The van der Waals surface area contributed by atoms with Gasteiger partial charge in [0, 0.05) is 25.0 Å². The fourth-order valence-electron chi connectivity index (χ4n) is 3.28. The summed E-state index contributed by atoms with van der Waals surface area (Å²) in [7, 11) is 1.99. The summed E-state index contributed by atoms with van der Waals surface area (Å²) < 4.78 is 2.03. The topological polar surface area (TPSA) is 59.8 Å². The fraction of sp³-hybridized carbons (Fsp3) is 0.526. The van der Waals surface area contributed by atoms with Crippen LogP contribution >= 0.6 is 23.4 Å². The van der Waals surface area contributed by atoms with Gasteiger partial charge in [-0.05, 0) is 23.6 Å². The molecule has 2 aromatic rings. The summed E-state index contributed by atoms with van der Waals surface area (Å²) in [5, 5.41) is 13.0. The van der Waals surface area contributed by atoms with Crippen LogP contribution in [-0.4, -0.2) is 26.4 Å². The van der Waals surface area contributed by atoms with Crippen LogP contribution in [0.3, 0.4) is 0 Å². The molecule has 1 fully saturated rings. The third kappa shape index (κ3) is 5.48. The van der Waals surface area contributed by atoms with Gasteiger partial charge < -0.3 is 9.88 Å². The lowest BCUT2D eigenvalue weighted by Gasteiger charge is -2.20. The average Bonchev–Trinajstić information content (AvgIpc) is 3.00. The molecule has 1 aliphatic rings. The van der Waals surface area contributed by atoms with Crippen molar-refractivity contribution in [2.24, 2.45) is 13.0 Å². The van der Waals surface area contributed by atoms with Crippen LogP contribution in [0.2, 0.25) is 5.02 Å². The van der Waals surface area contributed by atoms with Gasteiger partial charge >= 0.3 is 0 Å². The first kappa shape index (κ1) is 19.2. The van der Waals surface area contributed by atoms with E-state index in [1.165, 1.54) is 43.9 Å². The normalized spacial score (nSPS) is 15.2. The van der Waals surface area contributed by atoms with Crippen molar-refractivity contribution < 1.29 is 4.79 Å². The van der Waals surface area contributed by atoms with Gasteiger partial charge in [0.05, 0.1) is 5.75 Å². The summed E-state index contributed by atoms with van der Waals surface area (Å²) in [6, 6.07) is 7.47. The maximum absolute atomic E-state index is 12.1. The van der Waals surface area contributed by atoms with Crippen LogP contribution in [-0.2, 0) is 24.8 Å². The minimum Gasteiger partial charge on any atom is -0.351 e. The van der Waals surface area contributed by atoms with Crippen molar-refractivity contribution >= 4 is 29.3 Å². The summed E-state index contributed by atoms with van der Waals surface area (Å²) in [6.07, 6.45) is 7.61. The van der Waals surface area contributed by atoms with Crippen LogP contribution in [0.15, 0.2) is 29.4 Å². The smallest absolute Gasteiger partial charge is 0.230 e. The zero-order valence-electron chi connectivity index (χ0n) is 15.1. The lowest BCUT2D eigenvalue weighted by atomic mass is 9.87. The molecule has 0 aliphatic heterocycles. The van der Waals surface area contributed by atoms with Gasteiger partial charge in [0.15, 0.2) is 5.16 Å². The second-order valence-corrected chi connectivity index (χ2v) is 8.24. The van der Waals surface area contributed by atoms with E-state index in [0.717, 1.165) is 28.9 Å². The molecule has 3 rings (SSSR count). The molecule has 5 nitrogen and oxygen atoms in total. The third-order valence-electron chi connectivity index (χ3n) is 4.86. The van der Waals surface area contributed by atoms with Crippen LogP contribution in [0.4, 0.5) is 0 Å². The van der Waals surface area contributed by atoms with E-state index < -0.39 is 0 Å². The molecule has 0 saturated heterocycles. The Kier molecular flexibility index (Phi) is 6.97. The van der Waals surface area contributed by atoms with Gasteiger partial charge in [-0.3, -0.25) is 4.79 Å². The molecule has 1 heterocycles. The number of aromatic nitrogens is 3. The number of hydrogen-bond donors (Lipinski definition) is 1. The quantitative estimate of drug-likeness (QED) is 0.723. The third-order valence-corrected chi connectivity index (χ3v) is 6.13. The monoisotopic (exact) mass is 392 g/mol. The maximum atomic E-state index is 12.1. The Bertz CT molecular complexity index is 726. The van der Waals surface area contributed by atoms with Crippen molar-refractivity contribution in [3.63, 3.8) is 0 Å². The van der Waals surface area contributed by atoms with Crippen molar-refractivity contribution in [1.29, 1.82) is 0 Å². The second-order valence-electron chi connectivity index (χ2n) is 6.86. The lowest BCUT2D eigenvalue weighted by Crippen LogP contribution is -2.24. The van der Waals surface area contributed by atoms with Crippen molar-refractivity contribution in [3.8, 4) is 0 Å². The van der Waals surface area contributed by atoms with Crippen LogP contribution in [0.1, 0.15) is 43.5 Å². The first-order chi connectivity index (χ1) is 12.6. The number of carbonyl (C=O) groups excluding carboxylic acids is 1. The maximum Gasteiger partial charge on any atom is 0.230 e. The number of amides is 1. The predicted octanol–water partition coefficient (Wildman–Crippen LogP) is 4.00. The number of carbonyl (C=O) groups is 1. The van der Waals surface area contributed by atoms with Gasteiger partial charge in [0.25, 0.3) is 0 Å². The average molecular weight is 393 g/mol. The molecular formula is C19H25ClN4OS. The molecule has 26 heavy (non-hydrogen) atoms. The van der Waals surface area contributed by atoms with E-state index in [0.29, 0.717) is 17.3 Å². The van der Waals surface area contributed by atoms with E-state index in [-0.39, 0.29) is 5.91 Å². The van der Waals surface area contributed by atoms with Gasteiger partial charge in [0.1, 0.15) is 5.82 Å². The van der Waals surface area contributed by atoms with Gasteiger partial charge in [-0.25, -0.2) is 0 Å². The number of rotatable bonds is 7. The number of thioether (sulfide) groups is 1. The van der Waals surface area contributed by atoms with E-state index in [9.17, 15) is 4.79 Å². The van der Waals surface area contributed by atoms with E-state index in [1.807, 2.05) is 35.9 Å². The fourth-order valence-corrected chi connectivity index (χ4v) is 4.17. The summed E-state index contributed by atoms with van der Waals surface area (Å²) in [6.45, 7) is 0.502. The largest absolute Gasteiger partial charge is 0.351 e. The van der Waals surface area contributed by atoms with Crippen molar-refractivity contribution in [2.45, 2.75) is 50.2 Å². The highest BCUT2D eigenvalue weighted by molar-refractivity contribution is 7.99. The van der Waals surface area contributed by atoms with Gasteiger partial charge in [-0.2, -0.15) is 0 Å². The highest BCUT2D eigenvalue weighted by Gasteiger charge is 2.18. The van der Waals surface area contributed by atoms with Crippen LogP contribution < -0.4 is 5.32 Å². The molecule has 1 saturated carbocycles. The summed E-state index contributed by atoms with van der Waals surface area (Å²) in [5.41, 5.74) is 1.03. The number of nitrogens with one attached hydrogen (secondary N) is 1. The molecule has 1 aliphatic carbocycles. The molecular weight excluding hydrogens is 368 g/mol. The van der Waals surface area contributed by atoms with E-state index in [4.69, 9.17) is 11.6 Å². The molecule has 1 aromatic carbocycles. The molecule has 0 unspecified atom stereocenters. The first-order valence-electron chi connectivity index (χ1n) is 9.14. The Hall–Kier alpha value is -1.53. The summed E-state index contributed by atoms with van der Waals surface area (Å²) >= 11 is 7.30. The van der Waals surface area contributed by atoms with E-state index in [2.05, 4.69) is 15.5 Å². The van der Waals surface area contributed by atoms with Crippen LogP contribution in [0, 0.1) is 5.92 Å². The van der Waals surface area contributed by atoms with E-state index >= 15 is 0 Å². The Labute approximate surface area is 163 Å². The van der Waals surface area contributed by atoms with Crippen LogP contribution in [0.25, 0.3) is 0 Å². The van der Waals surface area contributed by atoms with Gasteiger partial charge in [-0.1, -0.05) is 67.6 Å². The Balaban J connectivity index is 1.45. The van der Waals surface area contributed by atoms with Gasteiger partial charge in [-0.15, -0.1) is 10.2 Å². The Morgan fingerprint density at radius 2 is 1.96 bits per heavy atom. The Morgan fingerprint density at radius 1 is 1.23 bits per heavy atom. The predicted molar refractivity (Wildman–Crippen MR) is 105 cm³/mol. The molecule has 0 atom stereocenters. The van der Waals surface area contributed by atoms with Gasteiger partial charge in [0.2, 0.25) is 5.91 Å². The molecule has 7 heteroatoms. The van der Waals surface area contributed by atoms with Crippen molar-refractivity contribution in [3.05, 3.63) is 40.7 Å². The number of benzene rings is 1. The van der Waals surface area contributed by atoms with Crippen molar-refractivity contribution in [1.82, 2.24) is 20.1 Å². The standard InChI is InChI=1S/C19H25ClN4OS/c1-24-17(11-14-5-3-2-4-6-14)22-23-19(24)26-13-18(25)21-12-15-7-9-16(20)10-8-15/h7-10,14H,2-6,11-13H2,1H3,(H,21,25). The highest BCUT2D eigenvalue weighted by Crippen LogP contribution is 2.27. The minimum absolute atomic E-state index is 0.0122. The molecule has 1 amide bonds. The lowest BCUT2D eigenvalue weighted by molar-refractivity contribution is -0.118. The SMILES string of the molecule is Cn1c(CC2CCCCC2)nnc1SCC(=O)NCc1ccc(Cl)cc1. The molecule has 0 bridgehead atoms. The number of hydrogen-bond acceptors (Lipinski definition) is 4. The Morgan fingerprint density at radius 3 is 2.69 bits per heavy atom. The summed E-state index contributed by atoms with van der Waals surface area (Å²) in [5.74, 6) is 2.08. The summed E-state index contributed by atoms with van der Waals surface area (Å²) in [4.78, 5) is 12.1. The molecule has 0 spiro atoms. The van der Waals surface area contributed by atoms with Crippen LogP contribution in [0.5, 0.6) is 0 Å². The molecule has 1 N–H and O–H groups in total. The minimum atomic E-state index is -0.0122.